The average Bonchev–Trinajstić information content (AvgIpc) is 3.15. The van der Waals surface area contributed by atoms with Crippen LogP contribution in [0.5, 0.6) is 0 Å². The van der Waals surface area contributed by atoms with Crippen molar-refractivity contribution in [3.05, 3.63) is 12.2 Å². The Hall–Kier alpha value is -1.40. The van der Waals surface area contributed by atoms with Crippen LogP contribution in [0.25, 0.3) is 0 Å². The number of ether oxygens (including phenoxy) is 1. The number of unbranched alkanes of at least 4 members (excludes halogenated alkanes) is 28. The van der Waals surface area contributed by atoms with Crippen molar-refractivity contribution in [1.29, 1.82) is 0 Å². The second-order valence-corrected chi connectivity index (χ2v) is 16.2. The monoisotopic (exact) mass is 750 g/mol. The van der Waals surface area contributed by atoms with Gasteiger partial charge in [0.25, 0.3) is 0 Å². The van der Waals surface area contributed by atoms with E-state index in [0.717, 1.165) is 51.4 Å². The van der Waals surface area contributed by atoms with Gasteiger partial charge >= 0.3 is 5.97 Å². The number of nitrogens with one attached hydrogen (secondary N) is 1. The first-order valence-corrected chi connectivity index (χ1v) is 23.4. The van der Waals surface area contributed by atoms with Crippen molar-refractivity contribution in [3.8, 4) is 0 Å². The summed E-state index contributed by atoms with van der Waals surface area (Å²) in [6.07, 6.45) is 44.1. The minimum atomic E-state index is -0.786. The Kier molecular flexibility index (Phi) is 40.7. The summed E-state index contributed by atoms with van der Waals surface area (Å²) in [7, 11) is 0. The Morgan fingerprint density at radius 3 is 1.38 bits per heavy atom. The third-order valence-corrected chi connectivity index (χ3v) is 10.8. The molecule has 0 aliphatic rings. The molecule has 0 spiro atoms. The lowest BCUT2D eigenvalue weighted by atomic mass is 10.0. The fourth-order valence-electron chi connectivity index (χ4n) is 7.25. The van der Waals surface area contributed by atoms with E-state index in [-0.39, 0.29) is 24.9 Å². The molecule has 0 aromatic rings. The molecule has 0 aromatic heterocycles. The normalized spacial score (nSPS) is 13.4. The maximum absolute atomic E-state index is 13.1. The molecule has 6 heteroatoms. The smallest absolute Gasteiger partial charge is 0.306 e. The van der Waals surface area contributed by atoms with Crippen LogP contribution in [0.1, 0.15) is 252 Å². The van der Waals surface area contributed by atoms with E-state index in [1.165, 1.54) is 154 Å². The molecule has 3 unspecified atom stereocenters. The zero-order chi connectivity index (χ0) is 38.9. The third kappa shape index (κ3) is 37.3. The zero-order valence-electron chi connectivity index (χ0n) is 35.7. The molecule has 0 aliphatic heterocycles. The zero-order valence-corrected chi connectivity index (χ0v) is 35.7. The molecule has 1 amide bonds. The van der Waals surface area contributed by atoms with Gasteiger partial charge in [0.1, 0.15) is 6.10 Å². The summed E-state index contributed by atoms with van der Waals surface area (Å²) >= 11 is 0. The van der Waals surface area contributed by atoms with Crippen molar-refractivity contribution in [2.45, 2.75) is 270 Å². The van der Waals surface area contributed by atoms with Crippen molar-refractivity contribution >= 4 is 11.9 Å². The number of carbonyl (C=O) groups excluding carboxylic acids is 2. The van der Waals surface area contributed by atoms with Gasteiger partial charge in [-0.15, -0.1) is 0 Å². The van der Waals surface area contributed by atoms with E-state index in [1.54, 1.807) is 0 Å². The first-order chi connectivity index (χ1) is 26.0. The predicted molar refractivity (Wildman–Crippen MR) is 227 cm³/mol. The number of hydrogen-bond acceptors (Lipinski definition) is 5. The van der Waals surface area contributed by atoms with Gasteiger partial charge in [0.05, 0.1) is 25.2 Å². The summed E-state index contributed by atoms with van der Waals surface area (Å²) in [4.78, 5) is 25.9. The first-order valence-electron chi connectivity index (χ1n) is 23.4. The predicted octanol–water partition coefficient (Wildman–Crippen LogP) is 13.4. The van der Waals surface area contributed by atoms with Crippen molar-refractivity contribution in [2.24, 2.45) is 0 Å². The standard InChI is InChI=1S/C47H91NO5/c1-4-7-10-13-16-19-22-25-26-29-32-35-38-43(53-47(52)40-37-34-31-28-24-21-18-15-12-9-6-3)41-46(51)48-44(42-49)45(50)39-36-33-30-27-23-20-17-14-11-8-5-2/h26,29,43-45,49-50H,4-25,27-28,30-42H2,1-3H3,(H,48,51)/b29-26-. The van der Waals surface area contributed by atoms with E-state index in [4.69, 9.17) is 4.74 Å². The highest BCUT2D eigenvalue weighted by molar-refractivity contribution is 5.77. The number of amides is 1. The van der Waals surface area contributed by atoms with E-state index in [0.29, 0.717) is 19.3 Å². The van der Waals surface area contributed by atoms with Crippen LogP contribution in [-0.2, 0) is 14.3 Å². The number of rotatable bonds is 42. The molecule has 0 aromatic carbocycles. The highest BCUT2D eigenvalue weighted by Gasteiger charge is 2.24. The second-order valence-electron chi connectivity index (χ2n) is 16.2. The molecule has 0 aliphatic carbocycles. The number of esters is 1. The third-order valence-electron chi connectivity index (χ3n) is 10.8. The fraction of sp³-hybridized carbons (Fsp3) is 0.915. The van der Waals surface area contributed by atoms with Crippen LogP contribution >= 0.6 is 0 Å². The van der Waals surface area contributed by atoms with Crippen LogP contribution in [0.4, 0.5) is 0 Å². The molecule has 0 bridgehead atoms. The Morgan fingerprint density at radius 1 is 0.528 bits per heavy atom. The number of aliphatic hydroxyl groups excluding tert-OH is 2. The Morgan fingerprint density at radius 2 is 0.925 bits per heavy atom. The number of hydrogen-bond donors (Lipinski definition) is 3. The maximum Gasteiger partial charge on any atom is 0.306 e. The van der Waals surface area contributed by atoms with Gasteiger partial charge < -0.3 is 20.3 Å². The molecular weight excluding hydrogens is 659 g/mol. The van der Waals surface area contributed by atoms with Crippen molar-refractivity contribution in [1.82, 2.24) is 5.32 Å². The molecular formula is C47H91NO5. The van der Waals surface area contributed by atoms with Crippen LogP contribution in [0.2, 0.25) is 0 Å². The lowest BCUT2D eigenvalue weighted by Crippen LogP contribution is -2.46. The van der Waals surface area contributed by atoms with E-state index >= 15 is 0 Å². The minimum Gasteiger partial charge on any atom is -0.462 e. The molecule has 0 saturated carbocycles. The molecule has 314 valence electrons. The molecule has 53 heavy (non-hydrogen) atoms. The van der Waals surface area contributed by atoms with E-state index < -0.39 is 18.2 Å². The lowest BCUT2D eigenvalue weighted by molar-refractivity contribution is -0.151. The molecule has 0 radical (unpaired) electrons. The van der Waals surface area contributed by atoms with E-state index in [9.17, 15) is 19.8 Å². The SMILES string of the molecule is CCCCCCCCC/C=C\CCCC(CC(=O)NC(CO)C(O)CCCCCCCCCCCCC)OC(=O)CCCCCCCCCCCCC. The molecule has 0 saturated heterocycles. The second kappa shape index (κ2) is 41.8. The average molecular weight is 750 g/mol. The molecule has 3 N–H and O–H groups in total. The summed E-state index contributed by atoms with van der Waals surface area (Å²) < 4.78 is 5.88. The maximum atomic E-state index is 13.1. The van der Waals surface area contributed by atoms with Crippen LogP contribution in [0, 0.1) is 0 Å². The van der Waals surface area contributed by atoms with Crippen molar-refractivity contribution in [2.75, 3.05) is 6.61 Å². The van der Waals surface area contributed by atoms with Crippen LogP contribution in [0.15, 0.2) is 12.2 Å². The number of carbonyl (C=O) groups is 2. The lowest BCUT2D eigenvalue weighted by Gasteiger charge is -2.24. The van der Waals surface area contributed by atoms with Gasteiger partial charge in [-0.05, 0) is 44.9 Å². The highest BCUT2D eigenvalue weighted by atomic mass is 16.5. The fourth-order valence-corrected chi connectivity index (χ4v) is 7.25. The summed E-state index contributed by atoms with van der Waals surface area (Å²) in [5, 5.41) is 23.6. The van der Waals surface area contributed by atoms with Crippen LogP contribution < -0.4 is 5.32 Å². The van der Waals surface area contributed by atoms with Crippen molar-refractivity contribution in [3.63, 3.8) is 0 Å². The highest BCUT2D eigenvalue weighted by Crippen LogP contribution is 2.17. The topological polar surface area (TPSA) is 95.9 Å². The van der Waals surface area contributed by atoms with Gasteiger partial charge in [-0.3, -0.25) is 9.59 Å². The first kappa shape index (κ1) is 51.6. The van der Waals surface area contributed by atoms with Gasteiger partial charge in [0.2, 0.25) is 5.91 Å². The summed E-state index contributed by atoms with van der Waals surface area (Å²) in [5.74, 6) is -0.493. The van der Waals surface area contributed by atoms with Gasteiger partial charge in [-0.25, -0.2) is 0 Å². The molecule has 0 rings (SSSR count). The Bertz CT molecular complexity index is 802. The van der Waals surface area contributed by atoms with E-state index in [1.807, 2.05) is 0 Å². The Labute approximate surface area is 329 Å². The molecule has 3 atom stereocenters. The summed E-state index contributed by atoms with van der Waals surface area (Å²) in [5.41, 5.74) is 0. The van der Waals surface area contributed by atoms with Gasteiger partial charge in [-0.2, -0.15) is 0 Å². The van der Waals surface area contributed by atoms with Gasteiger partial charge in [0, 0.05) is 6.42 Å². The molecule has 6 nitrogen and oxygen atoms in total. The van der Waals surface area contributed by atoms with E-state index in [2.05, 4.69) is 38.2 Å². The van der Waals surface area contributed by atoms with Gasteiger partial charge in [-0.1, -0.05) is 206 Å². The summed E-state index contributed by atoms with van der Waals surface area (Å²) in [6.45, 7) is 6.46. The number of aliphatic hydroxyl groups is 2. The van der Waals surface area contributed by atoms with Crippen molar-refractivity contribution < 1.29 is 24.5 Å². The van der Waals surface area contributed by atoms with Crippen LogP contribution in [0.3, 0.4) is 0 Å². The molecule has 0 heterocycles. The summed E-state index contributed by atoms with van der Waals surface area (Å²) in [6, 6.07) is -0.701. The molecule has 0 fully saturated rings. The van der Waals surface area contributed by atoms with Gasteiger partial charge in [0.15, 0.2) is 0 Å². The largest absolute Gasteiger partial charge is 0.462 e. The Balaban J connectivity index is 4.60. The quantitative estimate of drug-likeness (QED) is 0.0328. The number of allylic oxidation sites excluding steroid dienone is 2. The van der Waals surface area contributed by atoms with Crippen LogP contribution in [-0.4, -0.2) is 46.9 Å². The minimum absolute atomic E-state index is 0.0629.